The van der Waals surface area contributed by atoms with E-state index in [1.165, 1.54) is 30.3 Å². The summed E-state index contributed by atoms with van der Waals surface area (Å²) in [7, 11) is 0. The minimum atomic E-state index is -0.679. The Morgan fingerprint density at radius 1 is 1.11 bits per heavy atom. The number of aromatic hydroxyl groups is 1. The Labute approximate surface area is 118 Å². The predicted molar refractivity (Wildman–Crippen MR) is 72.5 cm³/mol. The molecule has 98 valence electrons. The third kappa shape index (κ3) is 3.16. The molecule has 0 saturated heterocycles. The number of hydrogen-bond acceptors (Lipinski definition) is 2. The first kappa shape index (κ1) is 13.6. The second-order valence-corrected chi connectivity index (χ2v) is 4.61. The smallest absolute Gasteiger partial charge is 0.259 e. The summed E-state index contributed by atoms with van der Waals surface area (Å²) in [5.74, 6) is -1.55. The van der Waals surface area contributed by atoms with E-state index in [4.69, 9.17) is 23.2 Å². The molecule has 3 nitrogen and oxygen atoms in total. The fraction of sp³-hybridized carbons (Fsp3) is 0. The highest BCUT2D eigenvalue weighted by molar-refractivity contribution is 6.31. The molecule has 0 aliphatic heterocycles. The number of phenols is 1. The van der Waals surface area contributed by atoms with Gasteiger partial charge in [-0.15, -0.1) is 0 Å². The standard InChI is InChI=1S/C13H8Cl2FNO2/c14-7-2-4-12(18)9(5-7)13(19)17-11-6-8(15)1-3-10(11)16/h1-6,18H,(H,17,19). The number of halogens is 3. The Kier molecular flexibility index (Phi) is 3.93. The zero-order valence-electron chi connectivity index (χ0n) is 9.45. The predicted octanol–water partition coefficient (Wildman–Crippen LogP) is 4.09. The molecule has 2 rings (SSSR count). The second kappa shape index (κ2) is 5.47. The fourth-order valence-corrected chi connectivity index (χ4v) is 1.82. The SMILES string of the molecule is O=C(Nc1cc(Cl)ccc1F)c1cc(Cl)ccc1O. The van der Waals surface area contributed by atoms with Crippen LogP contribution in [-0.4, -0.2) is 11.0 Å². The molecule has 2 aromatic carbocycles. The molecule has 0 radical (unpaired) electrons. The van der Waals surface area contributed by atoms with Gasteiger partial charge >= 0.3 is 0 Å². The number of rotatable bonds is 2. The van der Waals surface area contributed by atoms with Crippen molar-refractivity contribution in [3.63, 3.8) is 0 Å². The normalized spacial score (nSPS) is 10.3. The first-order valence-electron chi connectivity index (χ1n) is 5.22. The van der Waals surface area contributed by atoms with E-state index < -0.39 is 11.7 Å². The molecule has 2 N–H and O–H groups in total. The van der Waals surface area contributed by atoms with Crippen molar-refractivity contribution in [1.29, 1.82) is 0 Å². The maximum Gasteiger partial charge on any atom is 0.259 e. The van der Waals surface area contributed by atoms with Crippen LogP contribution in [0, 0.1) is 5.82 Å². The van der Waals surface area contributed by atoms with E-state index in [-0.39, 0.29) is 27.0 Å². The molecular weight excluding hydrogens is 292 g/mol. The average molecular weight is 300 g/mol. The van der Waals surface area contributed by atoms with Crippen LogP contribution in [0.4, 0.5) is 10.1 Å². The van der Waals surface area contributed by atoms with Crippen LogP contribution in [-0.2, 0) is 0 Å². The maximum atomic E-state index is 13.5. The topological polar surface area (TPSA) is 49.3 Å². The van der Waals surface area contributed by atoms with Gasteiger partial charge in [-0.2, -0.15) is 0 Å². The number of hydrogen-bond donors (Lipinski definition) is 2. The number of nitrogens with one attached hydrogen (secondary N) is 1. The Bertz CT molecular complexity index is 647. The van der Waals surface area contributed by atoms with Gasteiger partial charge in [-0.1, -0.05) is 23.2 Å². The minimum Gasteiger partial charge on any atom is -0.507 e. The lowest BCUT2D eigenvalue weighted by atomic mass is 10.2. The van der Waals surface area contributed by atoms with Crippen molar-refractivity contribution in [1.82, 2.24) is 0 Å². The summed E-state index contributed by atoms with van der Waals surface area (Å²) >= 11 is 11.4. The summed E-state index contributed by atoms with van der Waals surface area (Å²) in [4.78, 5) is 11.9. The van der Waals surface area contributed by atoms with Crippen molar-refractivity contribution in [2.45, 2.75) is 0 Å². The van der Waals surface area contributed by atoms with Gasteiger partial charge in [0.25, 0.3) is 5.91 Å². The van der Waals surface area contributed by atoms with Crippen LogP contribution in [0.15, 0.2) is 36.4 Å². The van der Waals surface area contributed by atoms with Crippen LogP contribution < -0.4 is 5.32 Å². The van der Waals surface area contributed by atoms with E-state index in [0.717, 1.165) is 6.07 Å². The Morgan fingerprint density at radius 3 is 2.47 bits per heavy atom. The molecule has 0 atom stereocenters. The number of carbonyl (C=O) groups is 1. The molecule has 0 unspecified atom stereocenters. The summed E-state index contributed by atoms with van der Waals surface area (Å²) in [6.45, 7) is 0. The van der Waals surface area contributed by atoms with Gasteiger partial charge in [-0.25, -0.2) is 4.39 Å². The Hall–Kier alpha value is -1.78. The number of anilines is 1. The van der Waals surface area contributed by atoms with Crippen molar-refractivity contribution in [3.8, 4) is 5.75 Å². The zero-order chi connectivity index (χ0) is 14.0. The lowest BCUT2D eigenvalue weighted by molar-refractivity contribution is 0.102. The molecule has 19 heavy (non-hydrogen) atoms. The van der Waals surface area contributed by atoms with Crippen molar-refractivity contribution in [2.24, 2.45) is 0 Å². The number of benzene rings is 2. The van der Waals surface area contributed by atoms with Crippen LogP contribution in [0.2, 0.25) is 10.0 Å². The molecule has 6 heteroatoms. The van der Waals surface area contributed by atoms with E-state index in [1.807, 2.05) is 0 Å². The molecule has 0 spiro atoms. The summed E-state index contributed by atoms with van der Waals surface area (Å²) in [5.41, 5.74) is -0.122. The molecule has 0 bridgehead atoms. The summed E-state index contributed by atoms with van der Waals surface area (Å²) in [6.07, 6.45) is 0. The second-order valence-electron chi connectivity index (χ2n) is 3.74. The highest BCUT2D eigenvalue weighted by Crippen LogP contribution is 2.24. The molecule has 0 saturated carbocycles. The number of carbonyl (C=O) groups excluding carboxylic acids is 1. The molecular formula is C13H8Cl2FNO2. The van der Waals surface area contributed by atoms with E-state index >= 15 is 0 Å². The van der Waals surface area contributed by atoms with Crippen LogP contribution in [0.5, 0.6) is 5.75 Å². The van der Waals surface area contributed by atoms with Gasteiger partial charge in [0, 0.05) is 10.0 Å². The van der Waals surface area contributed by atoms with Crippen LogP contribution in [0.1, 0.15) is 10.4 Å². The van der Waals surface area contributed by atoms with E-state index in [9.17, 15) is 14.3 Å². The van der Waals surface area contributed by atoms with Gasteiger partial charge in [0.05, 0.1) is 11.3 Å². The molecule has 2 aromatic rings. The van der Waals surface area contributed by atoms with Gasteiger partial charge in [0.2, 0.25) is 0 Å². The quantitative estimate of drug-likeness (QED) is 0.877. The first-order valence-corrected chi connectivity index (χ1v) is 5.98. The first-order chi connectivity index (χ1) is 8.97. The minimum absolute atomic E-state index is 0.0492. The highest BCUT2D eigenvalue weighted by Gasteiger charge is 2.14. The number of phenolic OH excluding ortho intramolecular Hbond substituents is 1. The van der Waals surface area contributed by atoms with Gasteiger partial charge in [0.15, 0.2) is 0 Å². The van der Waals surface area contributed by atoms with E-state index in [0.29, 0.717) is 0 Å². The number of amides is 1. The van der Waals surface area contributed by atoms with Gasteiger partial charge in [-0.3, -0.25) is 4.79 Å². The lowest BCUT2D eigenvalue weighted by Gasteiger charge is -2.08. The monoisotopic (exact) mass is 299 g/mol. The van der Waals surface area contributed by atoms with Crippen molar-refractivity contribution < 1.29 is 14.3 Å². The molecule has 0 heterocycles. The van der Waals surface area contributed by atoms with Gasteiger partial charge in [0.1, 0.15) is 11.6 Å². The lowest BCUT2D eigenvalue weighted by Crippen LogP contribution is -2.13. The molecule has 0 aliphatic carbocycles. The van der Waals surface area contributed by atoms with Crippen molar-refractivity contribution in [2.75, 3.05) is 5.32 Å². The fourth-order valence-electron chi connectivity index (χ4n) is 1.47. The van der Waals surface area contributed by atoms with Crippen LogP contribution >= 0.6 is 23.2 Å². The van der Waals surface area contributed by atoms with E-state index in [2.05, 4.69) is 5.32 Å². The summed E-state index contributed by atoms with van der Waals surface area (Å²) in [6, 6.07) is 7.78. The Balaban J connectivity index is 2.30. The van der Waals surface area contributed by atoms with Gasteiger partial charge < -0.3 is 10.4 Å². The average Bonchev–Trinajstić information content (AvgIpc) is 2.36. The Morgan fingerprint density at radius 2 is 1.74 bits per heavy atom. The molecule has 0 aliphatic rings. The summed E-state index contributed by atoms with van der Waals surface area (Å²) < 4.78 is 13.5. The molecule has 0 aromatic heterocycles. The van der Waals surface area contributed by atoms with Crippen LogP contribution in [0.25, 0.3) is 0 Å². The maximum absolute atomic E-state index is 13.5. The van der Waals surface area contributed by atoms with Crippen LogP contribution in [0.3, 0.4) is 0 Å². The van der Waals surface area contributed by atoms with Crippen molar-refractivity contribution in [3.05, 3.63) is 57.8 Å². The van der Waals surface area contributed by atoms with Crippen molar-refractivity contribution >= 4 is 34.8 Å². The third-order valence-electron chi connectivity index (χ3n) is 2.38. The van der Waals surface area contributed by atoms with Gasteiger partial charge in [-0.05, 0) is 36.4 Å². The third-order valence-corrected chi connectivity index (χ3v) is 2.85. The molecule has 0 fully saturated rings. The summed E-state index contributed by atoms with van der Waals surface area (Å²) in [5, 5.41) is 12.5. The zero-order valence-corrected chi connectivity index (χ0v) is 11.0. The highest BCUT2D eigenvalue weighted by atomic mass is 35.5. The van der Waals surface area contributed by atoms with E-state index in [1.54, 1.807) is 0 Å². The largest absolute Gasteiger partial charge is 0.507 e. The molecule has 1 amide bonds.